The van der Waals surface area contributed by atoms with E-state index in [1.165, 1.54) is 18.8 Å². The van der Waals surface area contributed by atoms with Gasteiger partial charge in [0.2, 0.25) is 0 Å². The smallest absolute Gasteiger partial charge is 0.412 e. The van der Waals surface area contributed by atoms with Crippen molar-refractivity contribution in [3.05, 3.63) is 71.8 Å². The Kier molecular flexibility index (Phi) is 7.51. The van der Waals surface area contributed by atoms with Crippen molar-refractivity contribution in [2.75, 3.05) is 13.2 Å². The van der Waals surface area contributed by atoms with Gasteiger partial charge in [0.1, 0.15) is 0 Å². The second kappa shape index (κ2) is 9.41. The second-order valence-corrected chi connectivity index (χ2v) is 6.73. The molecule has 0 aromatic heterocycles. The number of hydrogen-bond acceptors (Lipinski definition) is 2. The van der Waals surface area contributed by atoms with Gasteiger partial charge in [-0.25, -0.2) is 0 Å². The lowest BCUT2D eigenvalue weighted by Gasteiger charge is -2.12. The van der Waals surface area contributed by atoms with Crippen molar-refractivity contribution in [3.8, 4) is 0 Å². The summed E-state index contributed by atoms with van der Waals surface area (Å²) < 4.78 is 10.8. The molecule has 0 fully saturated rings. The Morgan fingerprint density at radius 2 is 1.10 bits per heavy atom. The molecule has 21 heavy (non-hydrogen) atoms. The third-order valence-electron chi connectivity index (χ3n) is 2.94. The monoisotopic (exact) mass is 409 g/mol. The first-order valence-corrected chi connectivity index (χ1v) is 8.53. The van der Waals surface area contributed by atoms with E-state index in [-0.39, 0.29) is 9.65 Å². The van der Waals surface area contributed by atoms with Gasteiger partial charge in [0.15, 0.2) is 0 Å². The predicted octanol–water partition coefficient (Wildman–Crippen LogP) is 4.83. The van der Waals surface area contributed by atoms with Crippen molar-refractivity contribution in [1.82, 2.24) is 0 Å². The van der Waals surface area contributed by atoms with Crippen LogP contribution >= 0.6 is 31.9 Å². The number of hydrogen-bond donors (Lipinski definition) is 0. The standard InChI is InChI=1S/C16H16BBr2O2/c18-15(13-7-3-1-4-8-13)11-20-17-21-12-16(19)14-9-5-2-6-10-14/h1-10,15-16H,11-12H2. The van der Waals surface area contributed by atoms with E-state index in [1.807, 2.05) is 36.4 Å². The van der Waals surface area contributed by atoms with Gasteiger partial charge in [-0.05, 0) is 11.1 Å². The van der Waals surface area contributed by atoms with Crippen LogP contribution in [0.5, 0.6) is 0 Å². The summed E-state index contributed by atoms with van der Waals surface area (Å²) in [6.07, 6.45) is 0. The molecule has 0 aliphatic carbocycles. The first kappa shape index (κ1) is 16.8. The Morgan fingerprint density at radius 3 is 1.48 bits per heavy atom. The molecule has 5 heteroatoms. The molecule has 0 heterocycles. The molecule has 2 aromatic rings. The van der Waals surface area contributed by atoms with Crippen molar-refractivity contribution in [2.45, 2.75) is 9.65 Å². The average Bonchev–Trinajstić information content (AvgIpc) is 2.55. The molecule has 0 spiro atoms. The van der Waals surface area contributed by atoms with Crippen LogP contribution in [0.2, 0.25) is 0 Å². The van der Waals surface area contributed by atoms with E-state index >= 15 is 0 Å². The van der Waals surface area contributed by atoms with Crippen LogP contribution in [0.15, 0.2) is 60.7 Å². The fourth-order valence-corrected chi connectivity index (χ4v) is 2.73. The molecule has 2 atom stereocenters. The fourth-order valence-electron chi connectivity index (χ4n) is 1.81. The predicted molar refractivity (Wildman–Crippen MR) is 93.9 cm³/mol. The normalized spacial score (nSPS) is 13.6. The van der Waals surface area contributed by atoms with E-state index in [0.29, 0.717) is 13.2 Å². The Labute approximate surface area is 143 Å². The molecule has 0 saturated heterocycles. The maximum Gasteiger partial charge on any atom is 0.488 e. The van der Waals surface area contributed by atoms with E-state index in [9.17, 15) is 0 Å². The van der Waals surface area contributed by atoms with E-state index in [1.54, 1.807) is 0 Å². The largest absolute Gasteiger partial charge is 0.488 e. The highest BCUT2D eigenvalue weighted by atomic mass is 79.9. The van der Waals surface area contributed by atoms with Gasteiger partial charge in [-0.1, -0.05) is 92.5 Å². The van der Waals surface area contributed by atoms with Crippen LogP contribution in [-0.2, 0) is 9.31 Å². The summed E-state index contributed by atoms with van der Waals surface area (Å²) in [4.78, 5) is 0.319. The Bertz CT molecular complexity index is 463. The fraction of sp³-hybridized carbons (Fsp3) is 0.250. The van der Waals surface area contributed by atoms with Crippen molar-refractivity contribution in [3.63, 3.8) is 0 Å². The first-order valence-electron chi connectivity index (χ1n) is 6.70. The van der Waals surface area contributed by atoms with Crippen LogP contribution < -0.4 is 0 Å². The molecule has 0 saturated carbocycles. The van der Waals surface area contributed by atoms with Crippen LogP contribution in [0.3, 0.4) is 0 Å². The minimum absolute atomic E-state index is 0.160. The third kappa shape index (κ3) is 5.95. The van der Waals surface area contributed by atoms with E-state index < -0.39 is 0 Å². The quantitative estimate of drug-likeness (QED) is 0.352. The zero-order valence-corrected chi connectivity index (χ0v) is 14.7. The minimum atomic E-state index is 0.160. The summed E-state index contributed by atoms with van der Waals surface area (Å²) in [7, 11) is 1.41. The summed E-state index contributed by atoms with van der Waals surface area (Å²) >= 11 is 7.19. The molecule has 2 rings (SSSR count). The van der Waals surface area contributed by atoms with Crippen LogP contribution in [0.4, 0.5) is 0 Å². The van der Waals surface area contributed by atoms with Crippen LogP contribution in [-0.4, -0.2) is 20.9 Å². The molecule has 2 nitrogen and oxygen atoms in total. The second-order valence-electron chi connectivity index (χ2n) is 4.52. The van der Waals surface area contributed by atoms with Gasteiger partial charge in [-0.3, -0.25) is 0 Å². The summed E-state index contributed by atoms with van der Waals surface area (Å²) in [6, 6.07) is 20.3. The topological polar surface area (TPSA) is 18.5 Å². The lowest BCUT2D eigenvalue weighted by molar-refractivity contribution is 0.224. The van der Waals surface area contributed by atoms with Gasteiger partial charge in [0.05, 0.1) is 9.65 Å². The van der Waals surface area contributed by atoms with Gasteiger partial charge in [0.25, 0.3) is 0 Å². The number of benzene rings is 2. The van der Waals surface area contributed by atoms with Gasteiger partial charge in [-0.2, -0.15) is 0 Å². The van der Waals surface area contributed by atoms with Gasteiger partial charge < -0.3 is 9.31 Å². The van der Waals surface area contributed by atoms with Crippen molar-refractivity contribution in [2.24, 2.45) is 0 Å². The molecule has 2 unspecified atom stereocenters. The number of rotatable bonds is 8. The van der Waals surface area contributed by atoms with Gasteiger partial charge in [0, 0.05) is 13.2 Å². The van der Waals surface area contributed by atoms with Crippen LogP contribution in [0.1, 0.15) is 20.8 Å². The van der Waals surface area contributed by atoms with Crippen molar-refractivity contribution >= 4 is 39.5 Å². The molecule has 1 radical (unpaired) electrons. The summed E-state index contributed by atoms with van der Waals surface area (Å²) in [5.74, 6) is 0. The highest BCUT2D eigenvalue weighted by molar-refractivity contribution is 9.09. The Hall–Kier alpha value is -0.615. The van der Waals surface area contributed by atoms with Gasteiger partial charge >= 0.3 is 7.69 Å². The molecule has 0 bridgehead atoms. The van der Waals surface area contributed by atoms with Crippen molar-refractivity contribution < 1.29 is 9.31 Å². The molecule has 0 N–H and O–H groups in total. The Morgan fingerprint density at radius 1 is 0.714 bits per heavy atom. The summed E-state index contributed by atoms with van der Waals surface area (Å²) in [5.41, 5.74) is 2.38. The maximum atomic E-state index is 5.42. The molecule has 0 aliphatic heterocycles. The van der Waals surface area contributed by atoms with Crippen LogP contribution in [0.25, 0.3) is 0 Å². The van der Waals surface area contributed by atoms with Crippen molar-refractivity contribution in [1.29, 1.82) is 0 Å². The lowest BCUT2D eigenvalue weighted by Crippen LogP contribution is -2.12. The average molecular weight is 411 g/mol. The van der Waals surface area contributed by atoms with E-state index in [4.69, 9.17) is 9.31 Å². The van der Waals surface area contributed by atoms with Gasteiger partial charge in [-0.15, -0.1) is 0 Å². The maximum absolute atomic E-state index is 5.42. The number of halogens is 2. The van der Waals surface area contributed by atoms with Crippen LogP contribution in [0, 0.1) is 0 Å². The highest BCUT2D eigenvalue weighted by Crippen LogP contribution is 2.23. The van der Waals surface area contributed by atoms with E-state index in [2.05, 4.69) is 56.1 Å². The Balaban J connectivity index is 1.62. The minimum Gasteiger partial charge on any atom is -0.412 e. The molecular weight excluding hydrogens is 395 g/mol. The number of alkyl halides is 2. The van der Waals surface area contributed by atoms with E-state index in [0.717, 1.165) is 0 Å². The zero-order chi connectivity index (χ0) is 14.9. The first-order chi connectivity index (χ1) is 10.3. The summed E-state index contributed by atoms with van der Waals surface area (Å²) in [6.45, 7) is 1.06. The third-order valence-corrected chi connectivity index (χ3v) is 4.53. The molecule has 2 aromatic carbocycles. The SMILES string of the molecule is BrC(CO[B]OCC(Br)c1ccccc1)c1ccccc1. The molecule has 0 aliphatic rings. The molecule has 109 valence electrons. The molecular formula is C16H16BBr2O2. The molecule has 0 amide bonds. The highest BCUT2D eigenvalue weighted by Gasteiger charge is 2.10. The zero-order valence-electron chi connectivity index (χ0n) is 11.5. The lowest BCUT2D eigenvalue weighted by atomic mass is 10.1. The summed E-state index contributed by atoms with van der Waals surface area (Å²) in [5, 5.41) is 0.